The lowest BCUT2D eigenvalue weighted by Crippen LogP contribution is -2.48. The summed E-state index contributed by atoms with van der Waals surface area (Å²) in [6.07, 6.45) is 3.47. The van der Waals surface area contributed by atoms with Crippen molar-refractivity contribution in [3.05, 3.63) is 70.3 Å². The van der Waals surface area contributed by atoms with Crippen LogP contribution in [-0.4, -0.2) is 62.9 Å². The van der Waals surface area contributed by atoms with Crippen molar-refractivity contribution in [1.82, 2.24) is 24.2 Å². The topological polar surface area (TPSA) is 85.5 Å². The predicted octanol–water partition coefficient (Wildman–Crippen LogP) is 3.42. The molecule has 198 valence electrons. The number of piperazine rings is 1. The maximum atomic E-state index is 13.0. The first-order valence-electron chi connectivity index (χ1n) is 12.3. The Morgan fingerprint density at radius 1 is 1.03 bits per heavy atom. The first kappa shape index (κ1) is 25.4. The van der Waals surface area contributed by atoms with Crippen molar-refractivity contribution in [2.75, 3.05) is 31.1 Å². The molecule has 1 aliphatic rings. The third-order valence-electron chi connectivity index (χ3n) is 6.89. The van der Waals surface area contributed by atoms with Crippen LogP contribution in [0.15, 0.2) is 53.6 Å². The molecule has 4 aromatic rings. The minimum atomic E-state index is -2.95. The molecule has 11 heteroatoms. The van der Waals surface area contributed by atoms with E-state index in [1.807, 2.05) is 24.0 Å². The van der Waals surface area contributed by atoms with Crippen LogP contribution in [0, 0.1) is 6.92 Å². The number of alkyl halides is 2. The van der Waals surface area contributed by atoms with Crippen LogP contribution < -0.4 is 15.2 Å². The van der Waals surface area contributed by atoms with E-state index in [1.165, 1.54) is 10.7 Å². The number of benzene rings is 2. The molecule has 2 aromatic heterocycles. The number of ether oxygens (including phenoxy) is 1. The molecule has 0 N–H and O–H groups in total. The summed E-state index contributed by atoms with van der Waals surface area (Å²) < 4.78 is 33.9. The molecule has 0 saturated carbocycles. The number of amides is 1. The first-order valence-corrected chi connectivity index (χ1v) is 12.3. The number of aromatic nitrogens is 4. The number of anilines is 1. The lowest BCUT2D eigenvalue weighted by molar-refractivity contribution is -0.129. The van der Waals surface area contributed by atoms with Crippen LogP contribution >= 0.6 is 0 Å². The molecule has 2 aromatic carbocycles. The highest BCUT2D eigenvalue weighted by Crippen LogP contribution is 2.27. The van der Waals surface area contributed by atoms with E-state index in [4.69, 9.17) is 4.74 Å². The predicted molar refractivity (Wildman–Crippen MR) is 140 cm³/mol. The number of halogens is 2. The van der Waals surface area contributed by atoms with Gasteiger partial charge >= 0.3 is 6.61 Å². The molecule has 1 aliphatic heterocycles. The molecule has 0 unspecified atom stereocenters. The Hall–Kier alpha value is -4.28. The van der Waals surface area contributed by atoms with E-state index in [1.54, 1.807) is 54.1 Å². The summed E-state index contributed by atoms with van der Waals surface area (Å²) in [6, 6.07) is 10.5. The normalized spacial score (nSPS) is 13.9. The molecule has 0 radical (unpaired) electrons. The second-order valence-electron chi connectivity index (χ2n) is 9.37. The van der Waals surface area contributed by atoms with Gasteiger partial charge in [0.05, 0.1) is 17.4 Å². The highest BCUT2D eigenvalue weighted by atomic mass is 19.3. The van der Waals surface area contributed by atoms with Crippen molar-refractivity contribution >= 4 is 22.8 Å². The van der Waals surface area contributed by atoms with Crippen molar-refractivity contribution in [2.24, 2.45) is 7.05 Å². The Bertz CT molecular complexity index is 1540. The highest BCUT2D eigenvalue weighted by Gasteiger charge is 2.21. The van der Waals surface area contributed by atoms with Crippen LogP contribution in [0.25, 0.3) is 22.0 Å². The summed E-state index contributed by atoms with van der Waals surface area (Å²) in [6.45, 7) is 3.25. The van der Waals surface area contributed by atoms with Crippen molar-refractivity contribution in [3.63, 3.8) is 0 Å². The van der Waals surface area contributed by atoms with E-state index >= 15 is 0 Å². The van der Waals surface area contributed by atoms with E-state index in [2.05, 4.69) is 9.97 Å². The monoisotopic (exact) mass is 522 g/mol. The van der Waals surface area contributed by atoms with Crippen molar-refractivity contribution < 1.29 is 18.3 Å². The standard InChI is InChI=1S/C27H28F2N6O3/c1-17-4-7-24(38-26(28)29)20(12-17)16-35-23-13-19(5-6-22(23)25(37)32(35)3)21-14-30-27(31-15-21)34-10-8-33(9-11-34)18(2)36/h4-7,12-15,26H,8-11,16H2,1-3H3. The Morgan fingerprint density at radius 2 is 1.74 bits per heavy atom. The number of carbonyl (C=O) groups is 1. The van der Waals surface area contributed by atoms with Crippen molar-refractivity contribution in [1.29, 1.82) is 0 Å². The molecular weight excluding hydrogens is 494 g/mol. The third-order valence-corrected chi connectivity index (χ3v) is 6.89. The fourth-order valence-electron chi connectivity index (χ4n) is 4.80. The van der Waals surface area contributed by atoms with Gasteiger partial charge in [-0.15, -0.1) is 0 Å². The molecule has 0 spiro atoms. The number of aryl methyl sites for hydroxylation is 1. The average Bonchev–Trinajstić information content (AvgIpc) is 3.14. The number of fused-ring (bicyclic) bond motifs is 1. The fraction of sp³-hybridized carbons (Fsp3) is 0.333. The van der Waals surface area contributed by atoms with Gasteiger partial charge < -0.3 is 14.5 Å². The van der Waals surface area contributed by atoms with Gasteiger partial charge in [0.2, 0.25) is 11.9 Å². The molecule has 0 bridgehead atoms. The summed E-state index contributed by atoms with van der Waals surface area (Å²) in [5.74, 6) is 0.737. The van der Waals surface area contributed by atoms with Gasteiger partial charge in [0.15, 0.2) is 0 Å². The van der Waals surface area contributed by atoms with Gasteiger partial charge in [-0.3, -0.25) is 19.0 Å². The Balaban J connectivity index is 1.45. The summed E-state index contributed by atoms with van der Waals surface area (Å²) in [5, 5.41) is 0.515. The van der Waals surface area contributed by atoms with Gasteiger partial charge in [0.1, 0.15) is 5.75 Å². The lowest BCUT2D eigenvalue weighted by atomic mass is 10.1. The van der Waals surface area contributed by atoms with Crippen LogP contribution in [0.5, 0.6) is 5.75 Å². The van der Waals surface area contributed by atoms with Crippen LogP contribution in [0.3, 0.4) is 0 Å². The summed E-state index contributed by atoms with van der Waals surface area (Å²) in [4.78, 5) is 37.4. The molecule has 1 amide bonds. The Labute approximate surface area is 217 Å². The zero-order valence-corrected chi connectivity index (χ0v) is 21.4. The summed E-state index contributed by atoms with van der Waals surface area (Å²) >= 11 is 0. The Kier molecular flexibility index (Phi) is 6.83. The van der Waals surface area contributed by atoms with Crippen LogP contribution in [0.2, 0.25) is 0 Å². The van der Waals surface area contributed by atoms with Crippen molar-refractivity contribution in [2.45, 2.75) is 27.0 Å². The summed E-state index contributed by atoms with van der Waals surface area (Å²) in [7, 11) is 1.65. The average molecular weight is 523 g/mol. The highest BCUT2D eigenvalue weighted by molar-refractivity contribution is 5.84. The van der Waals surface area contributed by atoms with Crippen LogP contribution in [-0.2, 0) is 18.4 Å². The first-order chi connectivity index (χ1) is 18.2. The van der Waals surface area contributed by atoms with Gasteiger partial charge in [0, 0.05) is 63.7 Å². The minimum absolute atomic E-state index is 0.0656. The Morgan fingerprint density at radius 3 is 2.39 bits per heavy atom. The number of nitrogens with zero attached hydrogens (tertiary/aromatic N) is 6. The fourth-order valence-corrected chi connectivity index (χ4v) is 4.80. The van der Waals surface area contributed by atoms with E-state index in [9.17, 15) is 18.4 Å². The van der Waals surface area contributed by atoms with Crippen LogP contribution in [0.4, 0.5) is 14.7 Å². The van der Waals surface area contributed by atoms with Crippen LogP contribution in [0.1, 0.15) is 18.1 Å². The molecule has 1 fully saturated rings. The zero-order chi connectivity index (χ0) is 27.0. The molecule has 5 rings (SSSR count). The smallest absolute Gasteiger partial charge is 0.387 e. The minimum Gasteiger partial charge on any atom is -0.434 e. The number of hydrogen-bond acceptors (Lipinski definition) is 6. The zero-order valence-electron chi connectivity index (χ0n) is 21.4. The second-order valence-corrected chi connectivity index (χ2v) is 9.37. The number of rotatable bonds is 6. The van der Waals surface area contributed by atoms with E-state index in [-0.39, 0.29) is 23.8 Å². The van der Waals surface area contributed by atoms with Gasteiger partial charge in [-0.2, -0.15) is 8.78 Å². The van der Waals surface area contributed by atoms with E-state index in [0.29, 0.717) is 48.6 Å². The molecule has 3 heterocycles. The molecule has 9 nitrogen and oxygen atoms in total. The van der Waals surface area contributed by atoms with Gasteiger partial charge in [-0.25, -0.2) is 9.97 Å². The van der Waals surface area contributed by atoms with E-state index < -0.39 is 6.61 Å². The van der Waals surface area contributed by atoms with Gasteiger partial charge in [-0.1, -0.05) is 23.8 Å². The molecule has 0 aliphatic carbocycles. The SMILES string of the molecule is CC(=O)N1CCN(c2ncc(-c3ccc4c(=O)n(C)n(Cc5cc(C)ccc5OC(F)F)c4c3)cn2)CC1. The van der Waals surface area contributed by atoms with E-state index in [0.717, 1.165) is 16.7 Å². The number of hydrogen-bond donors (Lipinski definition) is 0. The molecule has 38 heavy (non-hydrogen) atoms. The largest absolute Gasteiger partial charge is 0.434 e. The van der Waals surface area contributed by atoms with Gasteiger partial charge in [-0.05, 0) is 30.7 Å². The summed E-state index contributed by atoms with van der Waals surface area (Å²) in [5.41, 5.74) is 3.50. The maximum Gasteiger partial charge on any atom is 0.387 e. The third kappa shape index (κ3) is 4.96. The second kappa shape index (κ2) is 10.2. The quantitative estimate of drug-likeness (QED) is 0.386. The maximum absolute atomic E-state index is 13.0. The molecular formula is C27H28F2N6O3. The van der Waals surface area contributed by atoms with Gasteiger partial charge in [0.25, 0.3) is 5.56 Å². The molecule has 0 atom stereocenters. The number of carbonyl (C=O) groups excluding carboxylic acids is 1. The lowest BCUT2D eigenvalue weighted by Gasteiger charge is -2.34. The van der Waals surface area contributed by atoms with Crippen molar-refractivity contribution in [3.8, 4) is 16.9 Å². The molecule has 1 saturated heterocycles.